The number of hydrogen-bond acceptors (Lipinski definition) is 5. The quantitative estimate of drug-likeness (QED) is 0.760. The summed E-state index contributed by atoms with van der Waals surface area (Å²) >= 11 is 0. The van der Waals surface area contributed by atoms with Crippen LogP contribution < -0.4 is 5.32 Å². The zero-order valence-corrected chi connectivity index (χ0v) is 14.6. The van der Waals surface area contributed by atoms with Gasteiger partial charge in [-0.2, -0.15) is 0 Å². The van der Waals surface area contributed by atoms with Gasteiger partial charge in [-0.05, 0) is 68.0 Å². The standard InChI is InChI=1S/C17H26N6O/c1-4-22(5-2)11-7-8-14(3)19-17(24)15-9-6-10-16(12-15)23-13-18-20-21-23/h6,9-10,12-14H,4-5,7-8,11H2,1-3H3,(H,19,24)/t14-/m0/s1. The maximum atomic E-state index is 12.4. The molecule has 1 aromatic carbocycles. The zero-order chi connectivity index (χ0) is 17.4. The summed E-state index contributed by atoms with van der Waals surface area (Å²) in [5.74, 6) is -0.0692. The van der Waals surface area contributed by atoms with Crippen LogP contribution >= 0.6 is 0 Å². The van der Waals surface area contributed by atoms with Crippen molar-refractivity contribution in [1.82, 2.24) is 30.4 Å². The molecule has 0 fully saturated rings. The van der Waals surface area contributed by atoms with Crippen LogP contribution in [0.2, 0.25) is 0 Å². The highest BCUT2D eigenvalue weighted by molar-refractivity contribution is 5.94. The minimum Gasteiger partial charge on any atom is -0.350 e. The van der Waals surface area contributed by atoms with E-state index in [0.717, 1.165) is 38.2 Å². The summed E-state index contributed by atoms with van der Waals surface area (Å²) in [6.07, 6.45) is 3.55. The molecule has 0 saturated carbocycles. The van der Waals surface area contributed by atoms with Gasteiger partial charge in [0.25, 0.3) is 5.91 Å². The zero-order valence-electron chi connectivity index (χ0n) is 14.6. The minimum absolute atomic E-state index is 0.0692. The summed E-state index contributed by atoms with van der Waals surface area (Å²) in [4.78, 5) is 14.8. The second-order valence-corrected chi connectivity index (χ2v) is 5.85. The molecular formula is C17H26N6O. The van der Waals surface area contributed by atoms with Gasteiger partial charge in [0.2, 0.25) is 0 Å². The van der Waals surface area contributed by atoms with Crippen LogP contribution in [0, 0.1) is 0 Å². The van der Waals surface area contributed by atoms with Crippen molar-refractivity contribution >= 4 is 5.91 Å². The van der Waals surface area contributed by atoms with Crippen LogP contribution in [0.15, 0.2) is 30.6 Å². The second kappa shape index (κ2) is 9.12. The Hall–Kier alpha value is -2.28. The van der Waals surface area contributed by atoms with Gasteiger partial charge in [0.05, 0.1) is 5.69 Å². The first-order chi connectivity index (χ1) is 11.6. The van der Waals surface area contributed by atoms with Gasteiger partial charge in [-0.15, -0.1) is 5.10 Å². The van der Waals surface area contributed by atoms with Crippen molar-refractivity contribution in [3.05, 3.63) is 36.2 Å². The lowest BCUT2D eigenvalue weighted by Gasteiger charge is -2.19. The van der Waals surface area contributed by atoms with E-state index in [1.165, 1.54) is 11.0 Å². The topological polar surface area (TPSA) is 75.9 Å². The van der Waals surface area contributed by atoms with Crippen molar-refractivity contribution in [3.63, 3.8) is 0 Å². The van der Waals surface area contributed by atoms with E-state index in [-0.39, 0.29) is 11.9 Å². The Balaban J connectivity index is 1.87. The van der Waals surface area contributed by atoms with Gasteiger partial charge in [-0.1, -0.05) is 19.9 Å². The lowest BCUT2D eigenvalue weighted by Crippen LogP contribution is -2.33. The molecule has 0 unspecified atom stereocenters. The van der Waals surface area contributed by atoms with E-state index in [2.05, 4.69) is 39.6 Å². The smallest absolute Gasteiger partial charge is 0.251 e. The number of benzene rings is 1. The molecule has 1 amide bonds. The number of carbonyl (C=O) groups excluding carboxylic acids is 1. The second-order valence-electron chi connectivity index (χ2n) is 5.85. The molecule has 1 N–H and O–H groups in total. The lowest BCUT2D eigenvalue weighted by molar-refractivity contribution is 0.0937. The van der Waals surface area contributed by atoms with Gasteiger partial charge >= 0.3 is 0 Å². The first-order valence-corrected chi connectivity index (χ1v) is 8.50. The predicted octanol–water partition coefficient (Wildman–Crippen LogP) is 1.90. The highest BCUT2D eigenvalue weighted by Crippen LogP contribution is 2.09. The SMILES string of the molecule is CCN(CC)CCC[C@H](C)NC(=O)c1cccc(-n2cnnn2)c1. The van der Waals surface area contributed by atoms with Crippen LogP contribution in [-0.4, -0.2) is 56.7 Å². The molecule has 1 atom stereocenters. The van der Waals surface area contributed by atoms with E-state index >= 15 is 0 Å². The summed E-state index contributed by atoms with van der Waals surface area (Å²) in [6.45, 7) is 9.61. The van der Waals surface area contributed by atoms with Crippen LogP contribution in [-0.2, 0) is 0 Å². The van der Waals surface area contributed by atoms with Crippen LogP contribution in [0.25, 0.3) is 5.69 Å². The Kier molecular flexibility index (Phi) is 6.87. The number of nitrogens with zero attached hydrogens (tertiary/aromatic N) is 5. The fourth-order valence-corrected chi connectivity index (χ4v) is 2.61. The summed E-state index contributed by atoms with van der Waals surface area (Å²) in [7, 11) is 0. The largest absolute Gasteiger partial charge is 0.350 e. The molecule has 24 heavy (non-hydrogen) atoms. The molecule has 130 valence electrons. The number of hydrogen-bond donors (Lipinski definition) is 1. The fourth-order valence-electron chi connectivity index (χ4n) is 2.61. The average molecular weight is 330 g/mol. The van der Waals surface area contributed by atoms with Gasteiger partial charge in [0.1, 0.15) is 6.33 Å². The van der Waals surface area contributed by atoms with Crippen LogP contribution in [0.5, 0.6) is 0 Å². The molecule has 2 rings (SSSR count). The van der Waals surface area contributed by atoms with Crippen molar-refractivity contribution in [3.8, 4) is 5.69 Å². The van der Waals surface area contributed by atoms with Gasteiger partial charge in [0, 0.05) is 11.6 Å². The Labute approximate surface area is 143 Å². The van der Waals surface area contributed by atoms with Gasteiger partial charge in [0.15, 0.2) is 0 Å². The van der Waals surface area contributed by atoms with E-state index in [9.17, 15) is 4.79 Å². The van der Waals surface area contributed by atoms with E-state index in [1.54, 1.807) is 12.1 Å². The molecule has 0 aliphatic carbocycles. The molecular weight excluding hydrogens is 304 g/mol. The van der Waals surface area contributed by atoms with Gasteiger partial charge < -0.3 is 10.2 Å². The minimum atomic E-state index is -0.0692. The number of amides is 1. The highest BCUT2D eigenvalue weighted by atomic mass is 16.1. The fraction of sp³-hybridized carbons (Fsp3) is 0.529. The monoisotopic (exact) mass is 330 g/mol. The Morgan fingerprint density at radius 1 is 1.33 bits per heavy atom. The summed E-state index contributed by atoms with van der Waals surface area (Å²) in [5.41, 5.74) is 1.38. The molecule has 0 aliphatic rings. The number of aromatic nitrogens is 4. The predicted molar refractivity (Wildman–Crippen MR) is 93.1 cm³/mol. The normalized spacial score (nSPS) is 12.3. The van der Waals surface area contributed by atoms with E-state index in [4.69, 9.17) is 0 Å². The lowest BCUT2D eigenvalue weighted by atomic mass is 10.1. The molecule has 0 spiro atoms. The summed E-state index contributed by atoms with van der Waals surface area (Å²) < 4.78 is 1.53. The molecule has 7 heteroatoms. The Morgan fingerprint density at radius 2 is 2.12 bits per heavy atom. The summed E-state index contributed by atoms with van der Waals surface area (Å²) in [5, 5.41) is 14.1. The van der Waals surface area contributed by atoms with Crippen molar-refractivity contribution in [2.24, 2.45) is 0 Å². The van der Waals surface area contributed by atoms with Crippen molar-refractivity contribution < 1.29 is 4.79 Å². The third kappa shape index (κ3) is 5.13. The highest BCUT2D eigenvalue weighted by Gasteiger charge is 2.11. The molecule has 0 radical (unpaired) electrons. The average Bonchev–Trinajstić information content (AvgIpc) is 3.13. The molecule has 7 nitrogen and oxygen atoms in total. The molecule has 0 aliphatic heterocycles. The Morgan fingerprint density at radius 3 is 2.79 bits per heavy atom. The van der Waals surface area contributed by atoms with Gasteiger partial charge in [-0.25, -0.2) is 4.68 Å². The van der Waals surface area contributed by atoms with Crippen LogP contribution in [0.3, 0.4) is 0 Å². The molecule has 0 saturated heterocycles. The van der Waals surface area contributed by atoms with Crippen molar-refractivity contribution in [2.45, 2.75) is 39.7 Å². The third-order valence-electron chi connectivity index (χ3n) is 4.11. The van der Waals surface area contributed by atoms with E-state index in [1.807, 2.05) is 19.1 Å². The number of nitrogens with one attached hydrogen (secondary N) is 1. The van der Waals surface area contributed by atoms with Crippen molar-refractivity contribution in [2.75, 3.05) is 19.6 Å². The first kappa shape index (κ1) is 18.1. The third-order valence-corrected chi connectivity index (χ3v) is 4.11. The van der Waals surface area contributed by atoms with Crippen LogP contribution in [0.1, 0.15) is 44.0 Å². The maximum absolute atomic E-state index is 12.4. The maximum Gasteiger partial charge on any atom is 0.251 e. The Bertz CT molecular complexity index is 624. The van der Waals surface area contributed by atoms with E-state index < -0.39 is 0 Å². The van der Waals surface area contributed by atoms with Crippen molar-refractivity contribution in [1.29, 1.82) is 0 Å². The first-order valence-electron chi connectivity index (χ1n) is 8.50. The summed E-state index contributed by atoms with van der Waals surface area (Å²) in [6, 6.07) is 7.42. The number of tetrazole rings is 1. The van der Waals surface area contributed by atoms with Gasteiger partial charge in [-0.3, -0.25) is 4.79 Å². The molecule has 1 aromatic heterocycles. The molecule has 1 heterocycles. The molecule has 0 bridgehead atoms. The number of rotatable bonds is 9. The van der Waals surface area contributed by atoms with E-state index in [0.29, 0.717) is 5.56 Å². The molecule has 2 aromatic rings. The van der Waals surface area contributed by atoms with Crippen LogP contribution in [0.4, 0.5) is 0 Å². The number of carbonyl (C=O) groups is 1.